The Labute approximate surface area is 106 Å². The number of rotatable bonds is 6. The van der Waals surface area contributed by atoms with E-state index in [4.69, 9.17) is 9.84 Å². The molecule has 1 aliphatic heterocycles. The van der Waals surface area contributed by atoms with Gasteiger partial charge < -0.3 is 15.2 Å². The SMILES string of the molecule is CCC1(C)CC(NCC(C)(C)CCO)CCO1. The van der Waals surface area contributed by atoms with Crippen molar-refractivity contribution in [3.05, 3.63) is 0 Å². The summed E-state index contributed by atoms with van der Waals surface area (Å²) in [4.78, 5) is 0. The first-order chi connectivity index (χ1) is 7.91. The molecular weight excluding hydrogens is 214 g/mol. The average molecular weight is 243 g/mol. The fourth-order valence-electron chi connectivity index (χ4n) is 2.36. The van der Waals surface area contributed by atoms with Gasteiger partial charge in [0.25, 0.3) is 0 Å². The van der Waals surface area contributed by atoms with Crippen LogP contribution in [0.2, 0.25) is 0 Å². The highest BCUT2D eigenvalue weighted by atomic mass is 16.5. The van der Waals surface area contributed by atoms with Crippen LogP contribution in [0.3, 0.4) is 0 Å². The lowest BCUT2D eigenvalue weighted by Gasteiger charge is -2.39. The van der Waals surface area contributed by atoms with Crippen molar-refractivity contribution in [2.45, 2.75) is 65.0 Å². The van der Waals surface area contributed by atoms with Crippen LogP contribution in [0.5, 0.6) is 0 Å². The Morgan fingerprint density at radius 1 is 1.47 bits per heavy atom. The van der Waals surface area contributed by atoms with E-state index in [-0.39, 0.29) is 17.6 Å². The van der Waals surface area contributed by atoms with Crippen molar-refractivity contribution in [3.63, 3.8) is 0 Å². The van der Waals surface area contributed by atoms with Gasteiger partial charge in [0.2, 0.25) is 0 Å². The first-order valence-electron chi connectivity index (χ1n) is 6.89. The van der Waals surface area contributed by atoms with Gasteiger partial charge in [-0.1, -0.05) is 20.8 Å². The minimum absolute atomic E-state index is 0.0526. The Morgan fingerprint density at radius 2 is 2.18 bits per heavy atom. The van der Waals surface area contributed by atoms with Gasteiger partial charge in [-0.2, -0.15) is 0 Å². The summed E-state index contributed by atoms with van der Waals surface area (Å²) in [7, 11) is 0. The van der Waals surface area contributed by atoms with Crippen molar-refractivity contribution in [2.75, 3.05) is 19.8 Å². The standard InChI is InChI=1S/C14H29NO2/c1-5-14(4)10-12(6-9-17-14)15-11-13(2,3)7-8-16/h12,15-16H,5-11H2,1-4H3. The summed E-state index contributed by atoms with van der Waals surface area (Å²) in [5, 5.41) is 12.7. The molecule has 1 saturated heterocycles. The van der Waals surface area contributed by atoms with Crippen LogP contribution in [0.15, 0.2) is 0 Å². The van der Waals surface area contributed by atoms with E-state index in [0.29, 0.717) is 6.04 Å². The number of nitrogens with one attached hydrogen (secondary N) is 1. The molecule has 3 heteroatoms. The van der Waals surface area contributed by atoms with Crippen LogP contribution in [-0.2, 0) is 4.74 Å². The Morgan fingerprint density at radius 3 is 2.76 bits per heavy atom. The summed E-state index contributed by atoms with van der Waals surface area (Å²) in [6, 6.07) is 0.562. The molecule has 2 atom stereocenters. The quantitative estimate of drug-likeness (QED) is 0.752. The lowest BCUT2D eigenvalue weighted by atomic mass is 9.87. The molecule has 0 bridgehead atoms. The van der Waals surface area contributed by atoms with Crippen LogP contribution in [0, 0.1) is 5.41 Å². The predicted molar refractivity (Wildman–Crippen MR) is 71.2 cm³/mol. The maximum absolute atomic E-state index is 9.01. The first kappa shape index (κ1) is 14.9. The van der Waals surface area contributed by atoms with E-state index in [9.17, 15) is 0 Å². The van der Waals surface area contributed by atoms with E-state index >= 15 is 0 Å². The lowest BCUT2D eigenvalue weighted by molar-refractivity contribution is -0.0787. The summed E-state index contributed by atoms with van der Waals surface area (Å²) in [6.45, 7) is 10.9. The van der Waals surface area contributed by atoms with E-state index in [1.54, 1.807) is 0 Å². The van der Waals surface area contributed by atoms with Crippen LogP contribution in [0.25, 0.3) is 0 Å². The second kappa shape index (κ2) is 6.17. The second-order valence-corrected chi connectivity index (χ2v) is 6.36. The van der Waals surface area contributed by atoms with Crippen LogP contribution < -0.4 is 5.32 Å². The van der Waals surface area contributed by atoms with Gasteiger partial charge in [0.1, 0.15) is 0 Å². The maximum atomic E-state index is 9.01. The summed E-state index contributed by atoms with van der Waals surface area (Å²) < 4.78 is 5.84. The minimum Gasteiger partial charge on any atom is -0.396 e. The number of aliphatic hydroxyl groups excluding tert-OH is 1. The molecule has 0 aromatic heterocycles. The first-order valence-corrected chi connectivity index (χ1v) is 6.89. The van der Waals surface area contributed by atoms with Crippen LogP contribution in [0.4, 0.5) is 0 Å². The fraction of sp³-hybridized carbons (Fsp3) is 1.00. The molecule has 0 aromatic carbocycles. The highest BCUT2D eigenvalue weighted by molar-refractivity contribution is 4.86. The third kappa shape index (κ3) is 4.94. The van der Waals surface area contributed by atoms with Crippen LogP contribution >= 0.6 is 0 Å². The third-order valence-corrected chi connectivity index (χ3v) is 4.00. The predicted octanol–water partition coefficient (Wildman–Crippen LogP) is 2.33. The molecule has 0 aromatic rings. The Bertz CT molecular complexity index is 230. The van der Waals surface area contributed by atoms with Crippen molar-refractivity contribution >= 4 is 0 Å². The normalized spacial score (nSPS) is 30.5. The van der Waals surface area contributed by atoms with E-state index in [1.165, 1.54) is 0 Å². The van der Waals surface area contributed by atoms with E-state index < -0.39 is 0 Å². The summed E-state index contributed by atoms with van der Waals surface area (Å²) in [5.74, 6) is 0. The minimum atomic E-state index is 0.0526. The zero-order valence-corrected chi connectivity index (χ0v) is 11.9. The van der Waals surface area contributed by atoms with Gasteiger partial charge in [-0.15, -0.1) is 0 Å². The molecule has 1 aliphatic rings. The van der Waals surface area contributed by atoms with Crippen LogP contribution in [0.1, 0.15) is 53.4 Å². The fourth-order valence-corrected chi connectivity index (χ4v) is 2.36. The largest absolute Gasteiger partial charge is 0.396 e. The Kier molecular flexibility index (Phi) is 5.42. The molecule has 102 valence electrons. The monoisotopic (exact) mass is 243 g/mol. The smallest absolute Gasteiger partial charge is 0.0666 e. The third-order valence-electron chi connectivity index (χ3n) is 4.00. The summed E-state index contributed by atoms with van der Waals surface area (Å²) in [5.41, 5.74) is 0.229. The maximum Gasteiger partial charge on any atom is 0.0666 e. The molecule has 0 spiro atoms. The average Bonchev–Trinajstić information content (AvgIpc) is 2.27. The van der Waals surface area contributed by atoms with Crippen molar-refractivity contribution in [1.82, 2.24) is 5.32 Å². The molecule has 1 rings (SSSR count). The zero-order valence-electron chi connectivity index (χ0n) is 11.9. The molecular formula is C14H29NO2. The van der Waals surface area contributed by atoms with Crippen molar-refractivity contribution < 1.29 is 9.84 Å². The molecule has 1 fully saturated rings. The Balaban J connectivity index is 2.37. The molecule has 0 saturated carbocycles. The van der Waals surface area contributed by atoms with Gasteiger partial charge in [0, 0.05) is 25.8 Å². The number of hydrogen-bond donors (Lipinski definition) is 2. The number of hydrogen-bond acceptors (Lipinski definition) is 3. The highest BCUT2D eigenvalue weighted by Crippen LogP contribution is 2.28. The van der Waals surface area contributed by atoms with Gasteiger partial charge in [0.15, 0.2) is 0 Å². The van der Waals surface area contributed by atoms with E-state index in [2.05, 4.69) is 33.0 Å². The number of aliphatic hydroxyl groups is 1. The molecule has 0 aliphatic carbocycles. The zero-order chi connectivity index (χ0) is 12.9. The molecule has 0 radical (unpaired) electrons. The summed E-state index contributed by atoms with van der Waals surface area (Å²) in [6.07, 6.45) is 4.13. The van der Waals surface area contributed by atoms with E-state index in [0.717, 1.165) is 38.8 Å². The molecule has 2 unspecified atom stereocenters. The van der Waals surface area contributed by atoms with Crippen LogP contribution in [-0.4, -0.2) is 36.5 Å². The Hall–Kier alpha value is -0.120. The highest BCUT2D eigenvalue weighted by Gasteiger charge is 2.32. The molecule has 0 amide bonds. The molecule has 1 heterocycles. The van der Waals surface area contributed by atoms with Gasteiger partial charge in [-0.05, 0) is 38.0 Å². The van der Waals surface area contributed by atoms with Crippen molar-refractivity contribution in [1.29, 1.82) is 0 Å². The van der Waals surface area contributed by atoms with Gasteiger partial charge in [-0.25, -0.2) is 0 Å². The number of ether oxygens (including phenoxy) is 1. The summed E-state index contributed by atoms with van der Waals surface area (Å²) >= 11 is 0. The van der Waals surface area contributed by atoms with Gasteiger partial charge >= 0.3 is 0 Å². The second-order valence-electron chi connectivity index (χ2n) is 6.36. The van der Waals surface area contributed by atoms with Gasteiger partial charge in [-0.3, -0.25) is 0 Å². The van der Waals surface area contributed by atoms with Gasteiger partial charge in [0.05, 0.1) is 5.60 Å². The molecule has 17 heavy (non-hydrogen) atoms. The topological polar surface area (TPSA) is 41.5 Å². The molecule has 3 nitrogen and oxygen atoms in total. The van der Waals surface area contributed by atoms with E-state index in [1.807, 2.05) is 0 Å². The lowest BCUT2D eigenvalue weighted by Crippen LogP contribution is -2.47. The van der Waals surface area contributed by atoms with Crippen molar-refractivity contribution in [3.8, 4) is 0 Å². The molecule has 2 N–H and O–H groups in total. The van der Waals surface area contributed by atoms with Crippen molar-refractivity contribution in [2.24, 2.45) is 5.41 Å².